The lowest BCUT2D eigenvalue weighted by molar-refractivity contribution is -0.0175. The monoisotopic (exact) mass is 381 g/mol. The Morgan fingerprint density at radius 2 is 2.00 bits per heavy atom. The average Bonchev–Trinajstić information content (AvgIpc) is 3.42. The van der Waals surface area contributed by atoms with E-state index in [9.17, 15) is 4.39 Å². The molecule has 0 aromatic heterocycles. The van der Waals surface area contributed by atoms with E-state index in [1.165, 1.54) is 6.07 Å². The van der Waals surface area contributed by atoms with Crippen LogP contribution in [-0.4, -0.2) is 17.7 Å². The van der Waals surface area contributed by atoms with Crippen LogP contribution in [0.25, 0.3) is 0 Å². The molecule has 0 spiro atoms. The Hall–Kier alpha value is -1.33. The highest BCUT2D eigenvalue weighted by Gasteiger charge is 2.31. The van der Waals surface area contributed by atoms with E-state index in [1.54, 1.807) is 12.1 Å². The van der Waals surface area contributed by atoms with Gasteiger partial charge in [0.15, 0.2) is 6.79 Å². The molecule has 25 heavy (non-hydrogen) atoms. The highest BCUT2D eigenvalue weighted by molar-refractivity contribution is 6.31. The second-order valence-electron chi connectivity index (χ2n) is 6.50. The van der Waals surface area contributed by atoms with Gasteiger partial charge in [-0.1, -0.05) is 29.3 Å². The van der Waals surface area contributed by atoms with Crippen LogP contribution in [0.2, 0.25) is 10.0 Å². The van der Waals surface area contributed by atoms with Gasteiger partial charge in [0.1, 0.15) is 11.6 Å². The number of halogens is 3. The normalized spacial score (nSPS) is 16.6. The zero-order valence-corrected chi connectivity index (χ0v) is 15.1. The number of ether oxygens (including phenoxy) is 2. The predicted molar refractivity (Wildman–Crippen MR) is 95.4 cm³/mol. The molecule has 0 saturated heterocycles. The van der Waals surface area contributed by atoms with E-state index in [4.69, 9.17) is 32.7 Å². The van der Waals surface area contributed by atoms with E-state index in [2.05, 4.69) is 4.90 Å². The first kappa shape index (κ1) is 17.1. The Kier molecular flexibility index (Phi) is 4.87. The summed E-state index contributed by atoms with van der Waals surface area (Å²) in [7, 11) is 0. The molecule has 2 aromatic rings. The van der Waals surface area contributed by atoms with Crippen LogP contribution in [0.1, 0.15) is 29.5 Å². The largest absolute Gasteiger partial charge is 0.467 e. The van der Waals surface area contributed by atoms with Gasteiger partial charge in [0.25, 0.3) is 0 Å². The SMILES string of the molecule is Fc1cccc(Cl)c1CN(Cc1cc(Cl)cc2c1OCOC2)C1CC1. The van der Waals surface area contributed by atoms with Gasteiger partial charge in [-0.15, -0.1) is 0 Å². The third-order valence-corrected chi connectivity index (χ3v) is 5.18. The van der Waals surface area contributed by atoms with Gasteiger partial charge in [0.2, 0.25) is 0 Å². The van der Waals surface area contributed by atoms with Crippen LogP contribution in [0, 0.1) is 5.82 Å². The van der Waals surface area contributed by atoms with E-state index >= 15 is 0 Å². The minimum Gasteiger partial charge on any atom is -0.467 e. The Labute approximate surface area is 156 Å². The van der Waals surface area contributed by atoms with E-state index in [-0.39, 0.29) is 12.6 Å². The molecule has 1 fully saturated rings. The molecule has 1 aliphatic heterocycles. The van der Waals surface area contributed by atoms with Crippen molar-refractivity contribution in [3.63, 3.8) is 0 Å². The summed E-state index contributed by atoms with van der Waals surface area (Å²) in [5.41, 5.74) is 2.50. The maximum Gasteiger partial charge on any atom is 0.189 e. The first-order chi connectivity index (χ1) is 12.1. The predicted octanol–water partition coefficient (Wildman–Crippen LogP) is 5.16. The third-order valence-electron chi connectivity index (χ3n) is 4.61. The summed E-state index contributed by atoms with van der Waals surface area (Å²) in [4.78, 5) is 2.25. The number of fused-ring (bicyclic) bond motifs is 1. The molecule has 2 aliphatic rings. The summed E-state index contributed by atoms with van der Waals surface area (Å²) in [6.07, 6.45) is 2.22. The highest BCUT2D eigenvalue weighted by Crippen LogP contribution is 2.36. The lowest BCUT2D eigenvalue weighted by atomic mass is 10.1. The van der Waals surface area contributed by atoms with Crippen molar-refractivity contribution < 1.29 is 13.9 Å². The molecule has 0 amide bonds. The minimum absolute atomic E-state index is 0.240. The zero-order valence-electron chi connectivity index (χ0n) is 13.6. The topological polar surface area (TPSA) is 21.7 Å². The van der Waals surface area contributed by atoms with Crippen molar-refractivity contribution in [2.45, 2.75) is 38.6 Å². The Morgan fingerprint density at radius 1 is 1.16 bits per heavy atom. The van der Waals surface area contributed by atoms with Crippen molar-refractivity contribution in [1.29, 1.82) is 0 Å². The second-order valence-corrected chi connectivity index (χ2v) is 7.34. The Balaban J connectivity index is 1.62. The van der Waals surface area contributed by atoms with Gasteiger partial charge in [-0.05, 0) is 37.1 Å². The van der Waals surface area contributed by atoms with Crippen molar-refractivity contribution in [2.75, 3.05) is 6.79 Å². The van der Waals surface area contributed by atoms with Gasteiger partial charge in [-0.2, -0.15) is 0 Å². The van der Waals surface area contributed by atoms with Gasteiger partial charge in [0.05, 0.1) is 6.61 Å². The smallest absolute Gasteiger partial charge is 0.189 e. The molecule has 3 nitrogen and oxygen atoms in total. The van der Waals surface area contributed by atoms with Gasteiger partial charge in [0, 0.05) is 45.9 Å². The quantitative estimate of drug-likeness (QED) is 0.713. The first-order valence-electron chi connectivity index (χ1n) is 8.30. The molecule has 1 saturated carbocycles. The van der Waals surface area contributed by atoms with Crippen LogP contribution < -0.4 is 4.74 Å². The van der Waals surface area contributed by atoms with Gasteiger partial charge < -0.3 is 9.47 Å². The van der Waals surface area contributed by atoms with Crippen LogP contribution in [0.3, 0.4) is 0 Å². The number of rotatable bonds is 5. The van der Waals surface area contributed by atoms with E-state index in [0.29, 0.717) is 41.3 Å². The van der Waals surface area contributed by atoms with Gasteiger partial charge in [-0.25, -0.2) is 4.39 Å². The lowest BCUT2D eigenvalue weighted by Crippen LogP contribution is -2.26. The summed E-state index contributed by atoms with van der Waals surface area (Å²) < 4.78 is 25.2. The van der Waals surface area contributed by atoms with Crippen LogP contribution >= 0.6 is 23.2 Å². The van der Waals surface area contributed by atoms with Crippen LogP contribution in [0.5, 0.6) is 5.75 Å². The van der Waals surface area contributed by atoms with Crippen molar-refractivity contribution in [1.82, 2.24) is 4.90 Å². The molecule has 132 valence electrons. The standard InChI is InChI=1S/C19H18Cl2FNO2/c20-14-6-12(19-13(7-14)10-24-11-25-19)8-23(15-4-5-15)9-16-17(21)2-1-3-18(16)22/h1-3,6-7,15H,4-5,8-11H2. The zero-order chi connectivity index (χ0) is 17.4. The van der Waals surface area contributed by atoms with Crippen molar-refractivity contribution in [2.24, 2.45) is 0 Å². The number of hydrogen-bond donors (Lipinski definition) is 0. The van der Waals surface area contributed by atoms with E-state index < -0.39 is 0 Å². The number of hydrogen-bond acceptors (Lipinski definition) is 3. The molecule has 1 aliphatic carbocycles. The fourth-order valence-corrected chi connectivity index (χ4v) is 3.72. The molecule has 4 rings (SSSR count). The summed E-state index contributed by atoms with van der Waals surface area (Å²) in [5, 5.41) is 1.12. The molecule has 2 aromatic carbocycles. The summed E-state index contributed by atoms with van der Waals surface area (Å²) in [5.74, 6) is 0.567. The maximum atomic E-state index is 14.2. The molecule has 0 radical (unpaired) electrons. The van der Waals surface area contributed by atoms with Crippen LogP contribution in [0.15, 0.2) is 30.3 Å². The fourth-order valence-electron chi connectivity index (χ4n) is 3.23. The minimum atomic E-state index is -0.268. The van der Waals surface area contributed by atoms with Crippen molar-refractivity contribution in [3.8, 4) is 5.75 Å². The maximum absolute atomic E-state index is 14.2. The van der Waals surface area contributed by atoms with Gasteiger partial charge in [-0.3, -0.25) is 4.90 Å². The van der Waals surface area contributed by atoms with Crippen molar-refractivity contribution in [3.05, 3.63) is 62.9 Å². The molecule has 0 unspecified atom stereocenters. The summed E-state index contributed by atoms with van der Waals surface area (Å²) in [6.45, 7) is 1.84. The second kappa shape index (κ2) is 7.12. The molecule has 0 bridgehead atoms. The molecule has 0 N–H and O–H groups in total. The molecule has 1 heterocycles. The van der Waals surface area contributed by atoms with Crippen LogP contribution in [0.4, 0.5) is 4.39 Å². The molecular formula is C19H18Cl2FNO2. The first-order valence-corrected chi connectivity index (χ1v) is 9.06. The highest BCUT2D eigenvalue weighted by atomic mass is 35.5. The van der Waals surface area contributed by atoms with E-state index in [1.807, 2.05) is 12.1 Å². The van der Waals surface area contributed by atoms with Crippen LogP contribution in [-0.2, 0) is 24.4 Å². The van der Waals surface area contributed by atoms with Gasteiger partial charge >= 0.3 is 0 Å². The Morgan fingerprint density at radius 3 is 2.76 bits per heavy atom. The van der Waals surface area contributed by atoms with E-state index in [0.717, 1.165) is 29.7 Å². The average molecular weight is 382 g/mol. The Bertz CT molecular complexity index is 775. The summed E-state index contributed by atoms with van der Waals surface area (Å²) in [6, 6.07) is 9.04. The number of benzene rings is 2. The fraction of sp³-hybridized carbons (Fsp3) is 0.368. The molecular weight excluding hydrogens is 364 g/mol. The molecule has 6 heteroatoms. The summed E-state index contributed by atoms with van der Waals surface area (Å²) >= 11 is 12.5. The third kappa shape index (κ3) is 3.77. The van der Waals surface area contributed by atoms with Crippen molar-refractivity contribution >= 4 is 23.2 Å². The number of nitrogens with zero attached hydrogens (tertiary/aromatic N) is 1. The lowest BCUT2D eigenvalue weighted by Gasteiger charge is -2.26. The molecule has 0 atom stereocenters.